The lowest BCUT2D eigenvalue weighted by atomic mass is 10.2. The van der Waals surface area contributed by atoms with E-state index >= 15 is 0 Å². The normalized spacial score (nSPS) is 11.8. The zero-order valence-corrected chi connectivity index (χ0v) is 17.0. The average molecular weight is 458 g/mol. The van der Waals surface area contributed by atoms with E-state index in [1.54, 1.807) is 24.3 Å². The Labute approximate surface area is 176 Å². The Morgan fingerprint density at radius 3 is 2.17 bits per heavy atom. The molecule has 0 fully saturated rings. The van der Waals surface area contributed by atoms with Crippen molar-refractivity contribution in [3.05, 3.63) is 77.3 Å². The van der Waals surface area contributed by atoms with Crippen molar-refractivity contribution in [3.63, 3.8) is 0 Å². The van der Waals surface area contributed by atoms with Crippen LogP contribution in [0.25, 0.3) is 0 Å². The summed E-state index contributed by atoms with van der Waals surface area (Å²) < 4.78 is 77.0. The molecular weight excluding hydrogens is 443 g/mol. The molecule has 0 aromatic heterocycles. The minimum Gasteiger partial charge on any atom is -0.493 e. The highest BCUT2D eigenvalue weighted by Crippen LogP contribution is 2.37. The van der Waals surface area contributed by atoms with E-state index in [2.05, 4.69) is 4.72 Å². The summed E-state index contributed by atoms with van der Waals surface area (Å²) in [6, 6.07) is 15.1. The van der Waals surface area contributed by atoms with Crippen molar-refractivity contribution in [3.8, 4) is 17.2 Å². The van der Waals surface area contributed by atoms with Crippen molar-refractivity contribution < 1.29 is 31.1 Å². The van der Waals surface area contributed by atoms with Crippen molar-refractivity contribution >= 4 is 27.3 Å². The Morgan fingerprint density at radius 1 is 0.933 bits per heavy atom. The van der Waals surface area contributed by atoms with Crippen LogP contribution in [0, 0.1) is 0 Å². The van der Waals surface area contributed by atoms with Crippen LogP contribution >= 0.6 is 11.6 Å². The Morgan fingerprint density at radius 2 is 1.57 bits per heavy atom. The van der Waals surface area contributed by atoms with Gasteiger partial charge in [0.05, 0.1) is 22.6 Å². The predicted molar refractivity (Wildman–Crippen MR) is 107 cm³/mol. The third-order valence-corrected chi connectivity index (χ3v) is 5.68. The van der Waals surface area contributed by atoms with Crippen LogP contribution in [0.2, 0.25) is 5.02 Å². The molecule has 0 unspecified atom stereocenters. The van der Waals surface area contributed by atoms with Crippen LogP contribution in [0.4, 0.5) is 18.9 Å². The molecule has 0 heterocycles. The highest BCUT2D eigenvalue weighted by Gasteiger charge is 2.33. The molecule has 10 heteroatoms. The first-order valence-corrected chi connectivity index (χ1v) is 10.3. The van der Waals surface area contributed by atoms with Crippen molar-refractivity contribution in [1.82, 2.24) is 0 Å². The molecule has 3 aromatic carbocycles. The van der Waals surface area contributed by atoms with Gasteiger partial charge < -0.3 is 9.47 Å². The van der Waals surface area contributed by atoms with Crippen LogP contribution in [0.3, 0.4) is 0 Å². The molecule has 158 valence electrons. The third-order valence-electron chi connectivity index (χ3n) is 3.95. The van der Waals surface area contributed by atoms with Gasteiger partial charge in [-0.15, -0.1) is 0 Å². The van der Waals surface area contributed by atoms with Crippen molar-refractivity contribution in [1.29, 1.82) is 0 Å². The maximum absolute atomic E-state index is 13.0. The van der Waals surface area contributed by atoms with Gasteiger partial charge >= 0.3 is 6.18 Å². The van der Waals surface area contributed by atoms with Gasteiger partial charge in [0.2, 0.25) is 0 Å². The van der Waals surface area contributed by atoms with E-state index in [-0.39, 0.29) is 10.6 Å². The maximum Gasteiger partial charge on any atom is 0.417 e. The van der Waals surface area contributed by atoms with Crippen LogP contribution in [0.5, 0.6) is 17.2 Å². The lowest BCUT2D eigenvalue weighted by Crippen LogP contribution is -2.14. The monoisotopic (exact) mass is 457 g/mol. The summed E-state index contributed by atoms with van der Waals surface area (Å²) in [5.74, 6) is 1.29. The number of hydrogen-bond acceptors (Lipinski definition) is 4. The minimum absolute atomic E-state index is 0.154. The number of nitrogens with one attached hydrogen (secondary N) is 1. The van der Waals surface area contributed by atoms with Gasteiger partial charge in [-0.2, -0.15) is 13.2 Å². The lowest BCUT2D eigenvalue weighted by Gasteiger charge is -2.13. The van der Waals surface area contributed by atoms with Crippen LogP contribution < -0.4 is 14.2 Å². The fraction of sp³-hybridized carbons (Fsp3) is 0.100. The molecular formula is C20H15ClF3NO4S. The minimum atomic E-state index is -4.71. The molecule has 0 bridgehead atoms. The van der Waals surface area contributed by atoms with Gasteiger partial charge in [0, 0.05) is 5.69 Å². The zero-order valence-electron chi connectivity index (χ0n) is 15.4. The first-order valence-electron chi connectivity index (χ1n) is 8.40. The summed E-state index contributed by atoms with van der Waals surface area (Å²) in [6.45, 7) is 0. The van der Waals surface area contributed by atoms with E-state index < -0.39 is 26.8 Å². The molecule has 5 nitrogen and oxygen atoms in total. The van der Waals surface area contributed by atoms with E-state index in [1.807, 2.05) is 0 Å². The Kier molecular flexibility index (Phi) is 6.14. The van der Waals surface area contributed by atoms with Crippen LogP contribution in [0.15, 0.2) is 71.6 Å². The molecule has 0 aliphatic carbocycles. The van der Waals surface area contributed by atoms with E-state index in [4.69, 9.17) is 21.1 Å². The second-order valence-electron chi connectivity index (χ2n) is 6.02. The molecule has 0 atom stereocenters. The molecule has 0 saturated heterocycles. The molecule has 0 spiro atoms. The molecule has 0 amide bonds. The first kappa shape index (κ1) is 21.8. The topological polar surface area (TPSA) is 64.6 Å². The van der Waals surface area contributed by atoms with E-state index in [0.717, 1.165) is 12.1 Å². The fourth-order valence-corrected chi connectivity index (χ4v) is 3.81. The maximum atomic E-state index is 13.0. The number of sulfonamides is 1. The van der Waals surface area contributed by atoms with E-state index in [0.29, 0.717) is 23.3 Å². The van der Waals surface area contributed by atoms with Crippen LogP contribution in [-0.4, -0.2) is 15.5 Å². The smallest absolute Gasteiger partial charge is 0.417 e. The molecule has 0 aliphatic rings. The summed E-state index contributed by atoms with van der Waals surface area (Å²) in [4.78, 5) is -0.154. The quantitative estimate of drug-likeness (QED) is 0.496. The number of ether oxygens (including phenoxy) is 2. The number of benzene rings is 3. The van der Waals surface area contributed by atoms with Gasteiger partial charge in [0.25, 0.3) is 10.0 Å². The van der Waals surface area contributed by atoms with Crippen molar-refractivity contribution in [2.45, 2.75) is 11.1 Å². The van der Waals surface area contributed by atoms with Crippen LogP contribution in [-0.2, 0) is 16.2 Å². The lowest BCUT2D eigenvalue weighted by molar-refractivity contribution is -0.137. The number of rotatable bonds is 6. The molecule has 3 aromatic rings. The fourth-order valence-electron chi connectivity index (χ4n) is 2.54. The summed E-state index contributed by atoms with van der Waals surface area (Å²) in [7, 11) is -2.64. The molecule has 0 radical (unpaired) electrons. The van der Waals surface area contributed by atoms with Gasteiger partial charge in [0.1, 0.15) is 5.75 Å². The van der Waals surface area contributed by atoms with E-state index in [1.165, 1.54) is 31.4 Å². The Bertz CT molecular complexity index is 1150. The SMILES string of the molecule is COc1ccccc1Oc1ccc(S(=O)(=O)Nc2ccc(Cl)c(C(F)(F)F)c2)cc1. The molecule has 0 aliphatic heterocycles. The third kappa shape index (κ3) is 4.98. The number of para-hydroxylation sites is 2. The summed E-state index contributed by atoms with van der Waals surface area (Å²) in [5.41, 5.74) is -1.40. The van der Waals surface area contributed by atoms with E-state index in [9.17, 15) is 21.6 Å². The van der Waals surface area contributed by atoms with Gasteiger partial charge in [-0.25, -0.2) is 8.42 Å². The Balaban J connectivity index is 1.80. The van der Waals surface area contributed by atoms with Gasteiger partial charge in [-0.1, -0.05) is 23.7 Å². The second kappa shape index (κ2) is 8.45. The van der Waals surface area contributed by atoms with Gasteiger partial charge in [-0.05, 0) is 54.6 Å². The second-order valence-corrected chi connectivity index (χ2v) is 8.11. The average Bonchev–Trinajstić information content (AvgIpc) is 2.69. The van der Waals surface area contributed by atoms with Gasteiger partial charge in [0.15, 0.2) is 11.5 Å². The number of hydrogen-bond donors (Lipinski definition) is 1. The number of anilines is 1. The Hall–Kier alpha value is -2.91. The summed E-state index contributed by atoms with van der Waals surface area (Å²) >= 11 is 5.55. The molecule has 30 heavy (non-hydrogen) atoms. The number of methoxy groups -OCH3 is 1. The molecule has 0 saturated carbocycles. The zero-order chi connectivity index (χ0) is 21.9. The van der Waals surface area contributed by atoms with Gasteiger partial charge in [-0.3, -0.25) is 4.72 Å². The standard InChI is InChI=1S/C20H15ClF3NO4S/c1-28-18-4-2-3-5-19(18)29-14-7-9-15(10-8-14)30(26,27)25-13-6-11-17(21)16(12-13)20(22,23)24/h2-12,25H,1H3. The largest absolute Gasteiger partial charge is 0.493 e. The molecule has 3 rings (SSSR count). The predicted octanol–water partition coefficient (Wildman–Crippen LogP) is 5.96. The summed E-state index contributed by atoms with van der Waals surface area (Å²) in [5, 5.41) is -0.525. The summed E-state index contributed by atoms with van der Waals surface area (Å²) in [6.07, 6.45) is -4.71. The van der Waals surface area contributed by atoms with Crippen molar-refractivity contribution in [2.75, 3.05) is 11.8 Å². The van der Waals surface area contributed by atoms with Crippen LogP contribution in [0.1, 0.15) is 5.56 Å². The molecule has 1 N–H and O–H groups in total. The highest BCUT2D eigenvalue weighted by atomic mass is 35.5. The number of halogens is 4. The number of alkyl halides is 3. The highest BCUT2D eigenvalue weighted by molar-refractivity contribution is 7.92. The first-order chi connectivity index (χ1) is 14.1. The van der Waals surface area contributed by atoms with Crippen molar-refractivity contribution in [2.24, 2.45) is 0 Å².